The number of hydrogen-bond donors (Lipinski definition) is 2. The fourth-order valence-corrected chi connectivity index (χ4v) is 3.87. The van der Waals surface area contributed by atoms with Gasteiger partial charge in [0.05, 0.1) is 16.7 Å². The van der Waals surface area contributed by atoms with E-state index < -0.39 is 0 Å². The quantitative estimate of drug-likeness (QED) is 0.414. The lowest BCUT2D eigenvalue weighted by molar-refractivity contribution is 0.102. The molecule has 0 saturated carbocycles. The maximum absolute atomic E-state index is 12.8. The fourth-order valence-electron chi connectivity index (χ4n) is 3.03. The summed E-state index contributed by atoms with van der Waals surface area (Å²) in [4.78, 5) is 21.9. The number of imidazole rings is 1. The number of para-hydroxylation sites is 3. The molecular formula is C23H21N3OS. The van der Waals surface area contributed by atoms with E-state index in [9.17, 15) is 4.79 Å². The summed E-state index contributed by atoms with van der Waals surface area (Å²) in [7, 11) is 0. The Balaban J connectivity index is 1.59. The van der Waals surface area contributed by atoms with E-state index in [0.717, 1.165) is 33.0 Å². The first-order valence-electron chi connectivity index (χ1n) is 9.22. The fraction of sp³-hybridized carbons (Fsp3) is 0.130. The molecule has 1 aromatic heterocycles. The lowest BCUT2D eigenvalue weighted by Gasteiger charge is -2.10. The van der Waals surface area contributed by atoms with E-state index in [1.165, 1.54) is 0 Å². The summed E-state index contributed by atoms with van der Waals surface area (Å²) in [5.74, 6) is 0.602. The van der Waals surface area contributed by atoms with Gasteiger partial charge in [0.15, 0.2) is 0 Å². The van der Waals surface area contributed by atoms with Crippen molar-refractivity contribution in [3.63, 3.8) is 0 Å². The summed E-state index contributed by atoms with van der Waals surface area (Å²) in [6.07, 6.45) is 0. The molecule has 5 heteroatoms. The van der Waals surface area contributed by atoms with Gasteiger partial charge >= 0.3 is 0 Å². The molecule has 0 bridgehead atoms. The highest BCUT2D eigenvalue weighted by Gasteiger charge is 2.13. The highest BCUT2D eigenvalue weighted by atomic mass is 32.2. The van der Waals surface area contributed by atoms with Crippen molar-refractivity contribution in [1.29, 1.82) is 0 Å². The molecule has 28 heavy (non-hydrogen) atoms. The predicted octanol–water partition coefficient (Wildman–Crippen LogP) is 5.98. The minimum Gasteiger partial charge on any atom is -0.338 e. The number of hydrogen-bond acceptors (Lipinski definition) is 3. The second-order valence-electron chi connectivity index (χ2n) is 6.79. The molecule has 0 aliphatic heterocycles. The maximum atomic E-state index is 12.8. The first-order valence-corrected chi connectivity index (χ1v) is 10.1. The summed E-state index contributed by atoms with van der Waals surface area (Å²) in [5, 5.41) is 3.53. The first-order chi connectivity index (χ1) is 13.6. The molecular weight excluding hydrogens is 366 g/mol. The molecule has 2 N–H and O–H groups in total. The van der Waals surface area contributed by atoms with Crippen LogP contribution in [0.25, 0.3) is 22.4 Å². The number of rotatable bonds is 5. The van der Waals surface area contributed by atoms with Gasteiger partial charge in [0, 0.05) is 21.3 Å². The zero-order valence-corrected chi connectivity index (χ0v) is 16.6. The van der Waals surface area contributed by atoms with Crippen LogP contribution in [0.1, 0.15) is 24.2 Å². The van der Waals surface area contributed by atoms with E-state index in [0.29, 0.717) is 10.8 Å². The molecule has 0 fully saturated rings. The number of fused-ring (bicyclic) bond motifs is 1. The topological polar surface area (TPSA) is 57.8 Å². The van der Waals surface area contributed by atoms with Crippen LogP contribution in [0.2, 0.25) is 0 Å². The Labute approximate surface area is 168 Å². The van der Waals surface area contributed by atoms with E-state index in [1.807, 2.05) is 72.8 Å². The van der Waals surface area contributed by atoms with Crippen molar-refractivity contribution in [2.24, 2.45) is 0 Å². The Hall–Kier alpha value is -3.05. The van der Waals surface area contributed by atoms with Crippen LogP contribution >= 0.6 is 11.8 Å². The lowest BCUT2D eigenvalue weighted by atomic mass is 10.1. The molecule has 3 aromatic carbocycles. The third-order valence-corrected chi connectivity index (χ3v) is 5.32. The van der Waals surface area contributed by atoms with E-state index >= 15 is 0 Å². The van der Waals surface area contributed by atoms with Gasteiger partial charge in [-0.2, -0.15) is 0 Å². The van der Waals surface area contributed by atoms with Crippen LogP contribution in [0.5, 0.6) is 0 Å². The molecule has 4 rings (SSSR count). The van der Waals surface area contributed by atoms with Crippen molar-refractivity contribution in [2.45, 2.75) is 24.0 Å². The minimum absolute atomic E-state index is 0.135. The number of anilines is 1. The third kappa shape index (κ3) is 3.94. The van der Waals surface area contributed by atoms with Gasteiger partial charge in [0.2, 0.25) is 0 Å². The second-order valence-corrected chi connectivity index (χ2v) is 8.44. The molecule has 0 spiro atoms. The first kappa shape index (κ1) is 18.3. The van der Waals surface area contributed by atoms with Gasteiger partial charge in [0.1, 0.15) is 5.82 Å². The zero-order valence-electron chi connectivity index (χ0n) is 15.8. The maximum Gasteiger partial charge on any atom is 0.255 e. The van der Waals surface area contributed by atoms with Crippen LogP contribution in [-0.4, -0.2) is 21.1 Å². The largest absolute Gasteiger partial charge is 0.338 e. The molecule has 0 unspecified atom stereocenters. The Morgan fingerprint density at radius 1 is 0.964 bits per heavy atom. The highest BCUT2D eigenvalue weighted by Crippen LogP contribution is 2.28. The minimum atomic E-state index is -0.135. The molecule has 0 aliphatic rings. The average molecular weight is 388 g/mol. The van der Waals surface area contributed by atoms with Crippen molar-refractivity contribution in [3.05, 3.63) is 78.4 Å². The van der Waals surface area contributed by atoms with Gasteiger partial charge in [0.25, 0.3) is 5.91 Å². The standard InChI is InChI=1S/C23H21N3OS/c1-15(2)28-17-13-11-16(12-14-17)23(27)26-19-8-4-3-7-18(19)22-24-20-9-5-6-10-21(20)25-22/h3-15H,1-2H3,(H,24,25)(H,26,27). The van der Waals surface area contributed by atoms with Gasteiger partial charge in [-0.25, -0.2) is 4.98 Å². The normalized spacial score (nSPS) is 11.1. The second kappa shape index (κ2) is 7.90. The van der Waals surface area contributed by atoms with E-state index in [-0.39, 0.29) is 5.91 Å². The number of H-pyrrole nitrogens is 1. The van der Waals surface area contributed by atoms with Crippen molar-refractivity contribution in [1.82, 2.24) is 9.97 Å². The number of aromatic amines is 1. The van der Waals surface area contributed by atoms with Crippen LogP contribution in [-0.2, 0) is 0 Å². The number of aromatic nitrogens is 2. The monoisotopic (exact) mass is 387 g/mol. The Morgan fingerprint density at radius 3 is 2.43 bits per heavy atom. The molecule has 4 nitrogen and oxygen atoms in total. The van der Waals surface area contributed by atoms with Crippen molar-refractivity contribution in [2.75, 3.05) is 5.32 Å². The molecule has 4 aromatic rings. The Morgan fingerprint density at radius 2 is 1.68 bits per heavy atom. The van der Waals surface area contributed by atoms with Gasteiger partial charge in [-0.15, -0.1) is 11.8 Å². The summed E-state index contributed by atoms with van der Waals surface area (Å²) in [5.41, 5.74) is 4.09. The lowest BCUT2D eigenvalue weighted by Crippen LogP contribution is -2.12. The van der Waals surface area contributed by atoms with E-state index in [4.69, 9.17) is 0 Å². The molecule has 140 valence electrons. The summed E-state index contributed by atoms with van der Waals surface area (Å²) >= 11 is 1.78. The smallest absolute Gasteiger partial charge is 0.255 e. The Kier molecular flexibility index (Phi) is 5.17. The molecule has 1 amide bonds. The van der Waals surface area contributed by atoms with Gasteiger partial charge < -0.3 is 10.3 Å². The van der Waals surface area contributed by atoms with Crippen LogP contribution in [0.4, 0.5) is 5.69 Å². The number of carbonyl (C=O) groups is 1. The summed E-state index contributed by atoms with van der Waals surface area (Å²) in [6, 6.07) is 23.3. The van der Waals surface area contributed by atoms with Crippen molar-refractivity contribution >= 4 is 34.4 Å². The summed E-state index contributed by atoms with van der Waals surface area (Å²) in [6.45, 7) is 4.31. The zero-order chi connectivity index (χ0) is 19.5. The van der Waals surface area contributed by atoms with Gasteiger partial charge in [-0.05, 0) is 48.5 Å². The number of carbonyl (C=O) groups excluding carboxylic acids is 1. The van der Waals surface area contributed by atoms with E-state index in [2.05, 4.69) is 29.1 Å². The van der Waals surface area contributed by atoms with Crippen LogP contribution in [0, 0.1) is 0 Å². The number of nitrogens with one attached hydrogen (secondary N) is 2. The van der Waals surface area contributed by atoms with Crippen LogP contribution in [0.3, 0.4) is 0 Å². The van der Waals surface area contributed by atoms with E-state index in [1.54, 1.807) is 11.8 Å². The van der Waals surface area contributed by atoms with Gasteiger partial charge in [-0.3, -0.25) is 4.79 Å². The predicted molar refractivity (Wildman–Crippen MR) is 117 cm³/mol. The number of thioether (sulfide) groups is 1. The number of amides is 1. The average Bonchev–Trinajstić information content (AvgIpc) is 3.12. The highest BCUT2D eigenvalue weighted by molar-refractivity contribution is 7.99. The summed E-state index contributed by atoms with van der Waals surface area (Å²) < 4.78 is 0. The SMILES string of the molecule is CC(C)Sc1ccc(C(=O)Nc2ccccc2-c2nc3ccccc3[nH]2)cc1. The number of nitrogens with zero attached hydrogens (tertiary/aromatic N) is 1. The molecule has 0 atom stereocenters. The third-order valence-electron chi connectivity index (χ3n) is 4.31. The van der Waals surface area contributed by atoms with Crippen molar-refractivity contribution in [3.8, 4) is 11.4 Å². The Bertz CT molecular complexity index is 1080. The van der Waals surface area contributed by atoms with Crippen molar-refractivity contribution < 1.29 is 4.79 Å². The van der Waals surface area contributed by atoms with Crippen LogP contribution in [0.15, 0.2) is 77.7 Å². The molecule has 0 radical (unpaired) electrons. The number of benzene rings is 3. The molecule has 0 saturated heterocycles. The van der Waals surface area contributed by atoms with Crippen LogP contribution < -0.4 is 5.32 Å². The molecule has 1 heterocycles. The molecule has 0 aliphatic carbocycles. The van der Waals surface area contributed by atoms with Gasteiger partial charge in [-0.1, -0.05) is 38.1 Å².